The number of hydrogen-bond donors (Lipinski definition) is 2. The van der Waals surface area contributed by atoms with Gasteiger partial charge < -0.3 is 15.2 Å². The van der Waals surface area contributed by atoms with E-state index < -0.39 is 17.9 Å². The predicted octanol–water partition coefficient (Wildman–Crippen LogP) is 2.02. The number of ether oxygens (including phenoxy) is 1. The van der Waals surface area contributed by atoms with Gasteiger partial charge in [-0.15, -0.1) is 0 Å². The van der Waals surface area contributed by atoms with Crippen LogP contribution in [0, 0.1) is 6.92 Å². The zero-order valence-electron chi connectivity index (χ0n) is 13.5. The molecule has 7 nitrogen and oxygen atoms in total. The number of carbonyl (C=O) groups excluding carboxylic acids is 1. The van der Waals surface area contributed by atoms with Crippen LogP contribution < -0.4 is 10.1 Å². The predicted molar refractivity (Wildman–Crippen MR) is 84.9 cm³/mol. The average molecular weight is 319 g/mol. The van der Waals surface area contributed by atoms with Gasteiger partial charge in [0, 0.05) is 6.20 Å². The fraction of sp³-hybridized carbons (Fsp3) is 0.438. The Balaban J connectivity index is 2.34. The van der Waals surface area contributed by atoms with Gasteiger partial charge in [-0.2, -0.15) is 0 Å². The van der Waals surface area contributed by atoms with Crippen molar-refractivity contribution in [2.75, 3.05) is 7.11 Å². The van der Waals surface area contributed by atoms with Crippen LogP contribution in [0.2, 0.25) is 0 Å². The van der Waals surface area contributed by atoms with E-state index in [-0.39, 0.29) is 0 Å². The van der Waals surface area contributed by atoms with Crippen LogP contribution in [0.4, 0.5) is 0 Å². The van der Waals surface area contributed by atoms with E-state index in [0.29, 0.717) is 29.2 Å². The number of aliphatic carboxylic acids is 1. The summed E-state index contributed by atoms with van der Waals surface area (Å²) in [6.07, 6.45) is 3.70. The molecule has 1 atom stereocenters. The number of aromatic nitrogens is 2. The number of nitrogens with zero attached hydrogens (tertiary/aromatic N) is 2. The van der Waals surface area contributed by atoms with Crippen molar-refractivity contribution in [3.63, 3.8) is 0 Å². The number of carbonyl (C=O) groups is 2. The number of methoxy groups -OCH3 is 1. The highest BCUT2D eigenvalue weighted by molar-refractivity contribution is 5.97. The van der Waals surface area contributed by atoms with Crippen LogP contribution in [0.15, 0.2) is 18.3 Å². The summed E-state index contributed by atoms with van der Waals surface area (Å²) in [7, 11) is 1.53. The summed E-state index contributed by atoms with van der Waals surface area (Å²) in [4.78, 5) is 28.2. The molecule has 0 aliphatic rings. The molecule has 0 radical (unpaired) electrons. The van der Waals surface area contributed by atoms with Crippen LogP contribution in [-0.4, -0.2) is 39.5 Å². The number of carboxylic acids is 1. The number of imidazole rings is 1. The first kappa shape index (κ1) is 16.8. The van der Waals surface area contributed by atoms with Crippen LogP contribution in [0.5, 0.6) is 5.75 Å². The van der Waals surface area contributed by atoms with Crippen molar-refractivity contribution >= 4 is 17.5 Å². The summed E-state index contributed by atoms with van der Waals surface area (Å²) in [5.41, 5.74) is 1.37. The highest BCUT2D eigenvalue weighted by Gasteiger charge is 2.24. The third-order valence-corrected chi connectivity index (χ3v) is 3.67. The molecular formula is C16H21N3O4. The topological polar surface area (TPSA) is 92.9 Å². The lowest BCUT2D eigenvalue weighted by molar-refractivity contribution is -0.139. The van der Waals surface area contributed by atoms with Gasteiger partial charge in [-0.1, -0.05) is 19.8 Å². The second-order valence-electron chi connectivity index (χ2n) is 5.32. The number of hydrogen-bond acceptors (Lipinski definition) is 4. The molecule has 23 heavy (non-hydrogen) atoms. The SMILES string of the molecule is CCCCC(NC(=O)c1c(C)nc2c(OC)cccn12)C(=O)O. The van der Waals surface area contributed by atoms with Crippen LogP contribution in [0.1, 0.15) is 42.4 Å². The molecule has 2 heterocycles. The van der Waals surface area contributed by atoms with Gasteiger partial charge in [0.25, 0.3) is 5.91 Å². The standard InChI is InChI=1S/C16H21N3O4/c1-4-5-7-11(16(21)22)18-15(20)13-10(2)17-14-12(23-3)8-6-9-19(13)14/h6,8-9,11H,4-5,7H2,1-3H3,(H,18,20)(H,21,22). The molecule has 7 heteroatoms. The molecule has 2 rings (SSSR count). The Hall–Kier alpha value is -2.57. The van der Waals surface area contributed by atoms with Gasteiger partial charge in [-0.25, -0.2) is 9.78 Å². The lowest BCUT2D eigenvalue weighted by Gasteiger charge is -2.14. The fourth-order valence-electron chi connectivity index (χ4n) is 2.48. The van der Waals surface area contributed by atoms with Gasteiger partial charge in [0.15, 0.2) is 11.4 Å². The Kier molecular flexibility index (Phi) is 5.20. The maximum absolute atomic E-state index is 12.5. The summed E-state index contributed by atoms with van der Waals surface area (Å²) >= 11 is 0. The highest BCUT2D eigenvalue weighted by Crippen LogP contribution is 2.21. The van der Waals surface area contributed by atoms with Crippen molar-refractivity contribution < 1.29 is 19.4 Å². The van der Waals surface area contributed by atoms with Crippen LogP contribution in [0.25, 0.3) is 5.65 Å². The fourth-order valence-corrected chi connectivity index (χ4v) is 2.48. The Morgan fingerprint density at radius 1 is 1.48 bits per heavy atom. The second-order valence-corrected chi connectivity index (χ2v) is 5.32. The third-order valence-electron chi connectivity index (χ3n) is 3.67. The van der Waals surface area contributed by atoms with Gasteiger partial charge in [-0.3, -0.25) is 9.20 Å². The van der Waals surface area contributed by atoms with Gasteiger partial charge in [0.1, 0.15) is 11.7 Å². The van der Waals surface area contributed by atoms with Crippen molar-refractivity contribution in [3.05, 3.63) is 29.7 Å². The highest BCUT2D eigenvalue weighted by atomic mass is 16.5. The molecular weight excluding hydrogens is 298 g/mol. The van der Waals surface area contributed by atoms with Gasteiger partial charge >= 0.3 is 5.97 Å². The summed E-state index contributed by atoms with van der Waals surface area (Å²) in [5.74, 6) is -0.932. The van der Waals surface area contributed by atoms with E-state index in [1.165, 1.54) is 7.11 Å². The second kappa shape index (κ2) is 7.13. The van der Waals surface area contributed by atoms with Crippen molar-refractivity contribution in [1.29, 1.82) is 0 Å². The molecule has 0 aromatic carbocycles. The zero-order chi connectivity index (χ0) is 17.0. The molecule has 124 valence electrons. The lowest BCUT2D eigenvalue weighted by Crippen LogP contribution is -2.41. The summed E-state index contributed by atoms with van der Waals surface area (Å²) in [5, 5.41) is 11.8. The molecule has 2 N–H and O–H groups in total. The molecule has 0 saturated carbocycles. The number of rotatable bonds is 7. The van der Waals surface area contributed by atoms with Crippen LogP contribution >= 0.6 is 0 Å². The molecule has 0 fully saturated rings. The average Bonchev–Trinajstić information content (AvgIpc) is 2.86. The molecule has 0 saturated heterocycles. The van der Waals surface area contributed by atoms with E-state index in [1.54, 1.807) is 29.7 Å². The minimum Gasteiger partial charge on any atom is -0.493 e. The molecule has 0 bridgehead atoms. The number of amides is 1. The molecule has 0 aliphatic heterocycles. The number of pyridine rings is 1. The van der Waals surface area contributed by atoms with Gasteiger partial charge in [0.05, 0.1) is 12.8 Å². The molecule has 0 spiro atoms. The van der Waals surface area contributed by atoms with Crippen LogP contribution in [0.3, 0.4) is 0 Å². The first-order chi connectivity index (χ1) is 11.0. The van der Waals surface area contributed by atoms with E-state index >= 15 is 0 Å². The summed E-state index contributed by atoms with van der Waals surface area (Å²) in [6, 6.07) is 2.60. The minimum absolute atomic E-state index is 0.321. The van der Waals surface area contributed by atoms with E-state index in [4.69, 9.17) is 4.74 Å². The maximum Gasteiger partial charge on any atom is 0.326 e. The zero-order valence-corrected chi connectivity index (χ0v) is 13.5. The van der Waals surface area contributed by atoms with Crippen molar-refractivity contribution in [2.24, 2.45) is 0 Å². The Labute approximate surface area is 134 Å². The van der Waals surface area contributed by atoms with Crippen LogP contribution in [-0.2, 0) is 4.79 Å². The monoisotopic (exact) mass is 319 g/mol. The largest absolute Gasteiger partial charge is 0.493 e. The first-order valence-corrected chi connectivity index (χ1v) is 7.54. The summed E-state index contributed by atoms with van der Waals surface area (Å²) < 4.78 is 6.85. The number of unbranched alkanes of at least 4 members (excludes halogenated alkanes) is 1. The number of fused-ring (bicyclic) bond motifs is 1. The number of nitrogens with one attached hydrogen (secondary N) is 1. The third kappa shape index (κ3) is 3.44. The van der Waals surface area contributed by atoms with Gasteiger partial charge in [0.2, 0.25) is 0 Å². The van der Waals surface area contributed by atoms with E-state index in [9.17, 15) is 14.7 Å². The van der Waals surface area contributed by atoms with E-state index in [0.717, 1.165) is 12.8 Å². The van der Waals surface area contributed by atoms with Crippen molar-refractivity contribution in [1.82, 2.24) is 14.7 Å². The quantitative estimate of drug-likeness (QED) is 0.814. The molecule has 2 aromatic heterocycles. The first-order valence-electron chi connectivity index (χ1n) is 7.54. The van der Waals surface area contributed by atoms with E-state index in [1.807, 2.05) is 6.92 Å². The normalized spacial score (nSPS) is 12.1. The van der Waals surface area contributed by atoms with E-state index in [2.05, 4.69) is 10.3 Å². The Bertz CT molecular complexity index is 723. The maximum atomic E-state index is 12.5. The van der Waals surface area contributed by atoms with Crippen molar-refractivity contribution in [2.45, 2.75) is 39.2 Å². The Morgan fingerprint density at radius 2 is 2.22 bits per heavy atom. The smallest absolute Gasteiger partial charge is 0.326 e. The minimum atomic E-state index is -1.03. The van der Waals surface area contributed by atoms with Crippen molar-refractivity contribution in [3.8, 4) is 5.75 Å². The number of carboxylic acid groups (broad SMARTS) is 1. The molecule has 0 aliphatic carbocycles. The van der Waals surface area contributed by atoms with Gasteiger partial charge in [-0.05, 0) is 25.5 Å². The number of aryl methyl sites for hydroxylation is 1. The molecule has 1 amide bonds. The molecule has 1 unspecified atom stereocenters. The lowest BCUT2D eigenvalue weighted by atomic mass is 10.1. The Morgan fingerprint density at radius 3 is 2.83 bits per heavy atom. The molecule has 2 aromatic rings. The summed E-state index contributed by atoms with van der Waals surface area (Å²) in [6.45, 7) is 3.69.